The van der Waals surface area contributed by atoms with Gasteiger partial charge in [0.15, 0.2) is 0 Å². The number of nitrogens with zero attached hydrogens (tertiary/aromatic N) is 1. The number of unbranched alkanes of at least 4 members (excludes halogenated alkanes) is 2. The number of aromatic nitrogens is 1. The second-order valence-electron chi connectivity index (χ2n) is 10.6. The molecule has 5 N–H and O–H groups in total. The first-order valence-electron chi connectivity index (χ1n) is 13.8. The number of hydrogen-bond acceptors (Lipinski definition) is 3. The number of carbonyl (C=O) groups excluding carboxylic acids is 2. The highest BCUT2D eigenvalue weighted by Crippen LogP contribution is 2.46. The Kier molecular flexibility index (Phi) is 7.79. The second kappa shape index (κ2) is 11.4. The molecular formula is C30H39N5O2. The molecule has 0 saturated carbocycles. The Bertz CT molecular complexity index is 1230. The number of benzene rings is 2. The highest BCUT2D eigenvalue weighted by atomic mass is 16.2. The van der Waals surface area contributed by atoms with Gasteiger partial charge in [0.05, 0.1) is 0 Å². The fourth-order valence-electron chi connectivity index (χ4n) is 6.17. The van der Waals surface area contributed by atoms with Gasteiger partial charge in [-0.1, -0.05) is 48.9 Å². The first-order chi connectivity index (χ1) is 18.1. The molecule has 1 saturated heterocycles. The largest absolute Gasteiger partial charge is 0.361 e. The minimum absolute atomic E-state index is 0.135. The first-order valence-corrected chi connectivity index (χ1v) is 13.8. The predicted octanol–water partition coefficient (Wildman–Crippen LogP) is 4.01. The summed E-state index contributed by atoms with van der Waals surface area (Å²) in [6.07, 6.45) is 9.43. The third-order valence-corrected chi connectivity index (χ3v) is 8.36. The van der Waals surface area contributed by atoms with Gasteiger partial charge in [-0.25, -0.2) is 4.79 Å². The molecule has 2 aromatic carbocycles. The Morgan fingerprint density at radius 2 is 1.78 bits per heavy atom. The van der Waals surface area contributed by atoms with Crippen LogP contribution in [0.25, 0.3) is 10.9 Å². The topological polar surface area (TPSA) is 103 Å². The molecule has 1 atom stereocenters. The molecule has 0 unspecified atom stereocenters. The van der Waals surface area contributed by atoms with Crippen LogP contribution in [0.2, 0.25) is 0 Å². The van der Waals surface area contributed by atoms with Crippen LogP contribution in [0, 0.1) is 0 Å². The van der Waals surface area contributed by atoms with Crippen LogP contribution in [0.1, 0.15) is 55.2 Å². The third kappa shape index (κ3) is 5.52. The molecule has 1 fully saturated rings. The van der Waals surface area contributed by atoms with Gasteiger partial charge in [-0.2, -0.15) is 0 Å². The van der Waals surface area contributed by atoms with Crippen molar-refractivity contribution in [3.05, 3.63) is 71.4 Å². The molecule has 3 amide bonds. The average molecular weight is 502 g/mol. The van der Waals surface area contributed by atoms with E-state index in [1.54, 1.807) is 0 Å². The van der Waals surface area contributed by atoms with Crippen molar-refractivity contribution in [1.82, 2.24) is 20.5 Å². The van der Waals surface area contributed by atoms with E-state index in [1.807, 2.05) is 35.4 Å². The van der Waals surface area contributed by atoms with Crippen LogP contribution < -0.4 is 16.4 Å². The summed E-state index contributed by atoms with van der Waals surface area (Å²) in [5.41, 5.74) is 10.8. The van der Waals surface area contributed by atoms with E-state index in [0.29, 0.717) is 32.6 Å². The maximum absolute atomic E-state index is 13.4. The van der Waals surface area contributed by atoms with Crippen LogP contribution >= 0.6 is 0 Å². The zero-order valence-corrected chi connectivity index (χ0v) is 21.6. The molecule has 7 nitrogen and oxygen atoms in total. The summed E-state index contributed by atoms with van der Waals surface area (Å²) < 4.78 is 0. The molecule has 196 valence electrons. The van der Waals surface area contributed by atoms with Crippen molar-refractivity contribution in [3.8, 4) is 0 Å². The number of para-hydroxylation sites is 1. The number of aromatic amines is 1. The molecule has 1 aromatic heterocycles. The summed E-state index contributed by atoms with van der Waals surface area (Å²) in [5, 5.41) is 7.20. The normalized spacial score (nSPS) is 17.1. The fraction of sp³-hybridized carbons (Fsp3) is 0.467. The summed E-state index contributed by atoms with van der Waals surface area (Å²) >= 11 is 0. The Hall–Kier alpha value is -3.32. The van der Waals surface area contributed by atoms with Crippen LogP contribution in [-0.2, 0) is 23.1 Å². The van der Waals surface area contributed by atoms with E-state index in [4.69, 9.17) is 5.73 Å². The molecular weight excluding hydrogens is 462 g/mol. The van der Waals surface area contributed by atoms with Gasteiger partial charge in [0.1, 0.15) is 6.04 Å². The third-order valence-electron chi connectivity index (χ3n) is 8.36. The predicted molar refractivity (Wildman–Crippen MR) is 147 cm³/mol. The van der Waals surface area contributed by atoms with Gasteiger partial charge in [-0.15, -0.1) is 0 Å². The second-order valence-corrected chi connectivity index (χ2v) is 10.6. The monoisotopic (exact) mass is 501 g/mol. The molecule has 7 heteroatoms. The maximum atomic E-state index is 13.4. The van der Waals surface area contributed by atoms with Crippen molar-refractivity contribution in [1.29, 1.82) is 0 Å². The minimum Gasteiger partial charge on any atom is -0.361 e. The smallest absolute Gasteiger partial charge is 0.318 e. The summed E-state index contributed by atoms with van der Waals surface area (Å²) in [7, 11) is 0. The lowest BCUT2D eigenvalue weighted by atomic mass is 9.74. The van der Waals surface area contributed by atoms with Gasteiger partial charge in [0, 0.05) is 43.2 Å². The number of aryl methyl sites for hydroxylation is 1. The number of amides is 3. The summed E-state index contributed by atoms with van der Waals surface area (Å²) in [4.78, 5) is 31.8. The van der Waals surface area contributed by atoms with Crippen LogP contribution in [0.3, 0.4) is 0 Å². The zero-order valence-electron chi connectivity index (χ0n) is 21.6. The molecule has 2 aliphatic rings. The van der Waals surface area contributed by atoms with Crippen LogP contribution in [0.4, 0.5) is 4.79 Å². The molecule has 37 heavy (non-hydrogen) atoms. The Morgan fingerprint density at radius 1 is 1.00 bits per heavy atom. The van der Waals surface area contributed by atoms with E-state index in [-0.39, 0.29) is 17.4 Å². The van der Waals surface area contributed by atoms with Crippen LogP contribution in [0.15, 0.2) is 54.7 Å². The van der Waals surface area contributed by atoms with E-state index in [1.165, 1.54) is 11.1 Å². The van der Waals surface area contributed by atoms with Gasteiger partial charge in [-0.3, -0.25) is 4.79 Å². The van der Waals surface area contributed by atoms with Crippen molar-refractivity contribution < 1.29 is 9.59 Å². The summed E-state index contributed by atoms with van der Waals surface area (Å²) in [6, 6.07) is 16.0. The lowest BCUT2D eigenvalue weighted by Gasteiger charge is -2.40. The lowest BCUT2D eigenvalue weighted by molar-refractivity contribution is -0.122. The number of nitrogens with one attached hydrogen (secondary N) is 3. The molecule has 5 rings (SSSR count). The van der Waals surface area contributed by atoms with Crippen LogP contribution in [0.5, 0.6) is 0 Å². The Morgan fingerprint density at radius 3 is 2.62 bits per heavy atom. The van der Waals surface area contributed by atoms with Crippen molar-refractivity contribution in [2.45, 2.75) is 62.8 Å². The number of H-pyrrole nitrogens is 1. The number of rotatable bonds is 9. The number of hydrogen-bond donors (Lipinski definition) is 4. The number of urea groups is 1. The fourth-order valence-corrected chi connectivity index (χ4v) is 6.17. The van der Waals surface area contributed by atoms with E-state index in [9.17, 15) is 9.59 Å². The van der Waals surface area contributed by atoms with E-state index < -0.39 is 6.04 Å². The van der Waals surface area contributed by atoms with Gasteiger partial charge in [0.2, 0.25) is 5.91 Å². The number of likely N-dealkylation sites (tertiary alicyclic amines) is 1. The highest BCUT2D eigenvalue weighted by Gasteiger charge is 2.42. The molecule has 0 radical (unpaired) electrons. The van der Waals surface area contributed by atoms with Gasteiger partial charge in [-0.05, 0) is 73.2 Å². The standard InChI is InChI=1S/C30H39N5O2/c31-16-6-1-7-17-32-28(36)27(20-23-21-33-26-11-5-3-9-24(23)26)34-29(37)35-18-14-30(15-19-35)13-12-22-8-2-4-10-25(22)30/h2-5,8-11,21,27,33H,1,6-7,12-20,31H2,(H,32,36)(H,34,37)/t27-/m1/s1. The summed E-state index contributed by atoms with van der Waals surface area (Å²) in [6.45, 7) is 2.67. The summed E-state index contributed by atoms with van der Waals surface area (Å²) in [5.74, 6) is -0.135. The number of piperidine rings is 1. The Balaban J connectivity index is 1.24. The zero-order chi connectivity index (χ0) is 25.7. The minimum atomic E-state index is -0.635. The number of nitrogens with two attached hydrogens (primary N) is 1. The average Bonchev–Trinajstić information content (AvgIpc) is 3.50. The van der Waals surface area contributed by atoms with E-state index >= 15 is 0 Å². The highest BCUT2D eigenvalue weighted by molar-refractivity contribution is 5.89. The molecule has 3 aromatic rings. The van der Waals surface area contributed by atoms with Crippen LogP contribution in [-0.4, -0.2) is 54.0 Å². The molecule has 0 bridgehead atoms. The maximum Gasteiger partial charge on any atom is 0.318 e. The van der Waals surface area contributed by atoms with Gasteiger partial charge in [0.25, 0.3) is 0 Å². The SMILES string of the molecule is NCCCCCNC(=O)[C@@H](Cc1c[nH]c2ccccc12)NC(=O)N1CCC2(CCc3ccccc32)CC1. The van der Waals surface area contributed by atoms with Crippen molar-refractivity contribution in [3.63, 3.8) is 0 Å². The first kappa shape index (κ1) is 25.3. The van der Waals surface area contributed by atoms with Crippen molar-refractivity contribution in [2.75, 3.05) is 26.2 Å². The van der Waals surface area contributed by atoms with Crippen molar-refractivity contribution >= 4 is 22.8 Å². The van der Waals surface area contributed by atoms with E-state index in [0.717, 1.165) is 61.4 Å². The molecule has 2 heterocycles. The molecule has 1 aliphatic carbocycles. The van der Waals surface area contributed by atoms with Gasteiger partial charge < -0.3 is 26.3 Å². The Labute approximate surface area is 219 Å². The number of fused-ring (bicyclic) bond motifs is 3. The molecule has 1 aliphatic heterocycles. The van der Waals surface area contributed by atoms with Gasteiger partial charge >= 0.3 is 6.03 Å². The lowest BCUT2D eigenvalue weighted by Crippen LogP contribution is -2.54. The number of carbonyl (C=O) groups is 2. The quantitative estimate of drug-likeness (QED) is 0.333. The molecule has 1 spiro atoms. The van der Waals surface area contributed by atoms with E-state index in [2.05, 4.69) is 39.9 Å². The van der Waals surface area contributed by atoms with Crippen molar-refractivity contribution in [2.24, 2.45) is 5.73 Å².